The number of carbonyl (C=O) groups is 1. The van der Waals surface area contributed by atoms with Crippen molar-refractivity contribution in [1.82, 2.24) is 14.5 Å². The summed E-state index contributed by atoms with van der Waals surface area (Å²) in [4.78, 5) is 18.3. The molecule has 1 saturated heterocycles. The van der Waals surface area contributed by atoms with Crippen molar-refractivity contribution in [1.29, 1.82) is 0 Å². The normalized spacial score (nSPS) is 22.3. The van der Waals surface area contributed by atoms with Crippen LogP contribution in [0.5, 0.6) is 0 Å². The second-order valence-corrected chi connectivity index (χ2v) is 5.64. The first kappa shape index (κ1) is 13.6. The molecule has 0 aromatic carbocycles. The minimum atomic E-state index is -0.368. The fraction of sp³-hybridized carbons (Fsp3) is 0.714. The lowest BCUT2D eigenvalue weighted by molar-refractivity contribution is -0.182. The summed E-state index contributed by atoms with van der Waals surface area (Å²) in [5.41, 5.74) is 0.626. The van der Waals surface area contributed by atoms with Crippen LogP contribution >= 0.6 is 0 Å². The number of imidazole rings is 1. The topological polar surface area (TPSA) is 56.6 Å². The van der Waals surface area contributed by atoms with E-state index in [9.17, 15) is 4.79 Å². The van der Waals surface area contributed by atoms with Crippen LogP contribution in [0, 0.1) is 0 Å². The SMILES string of the molecule is CN(C(=O)c1cncn1C)C1CCC2(CC1)OCCO2. The Morgan fingerprint density at radius 1 is 1.40 bits per heavy atom. The second kappa shape index (κ2) is 5.18. The van der Waals surface area contributed by atoms with Gasteiger partial charge in [0.25, 0.3) is 5.91 Å². The van der Waals surface area contributed by atoms with Gasteiger partial charge in [-0.2, -0.15) is 0 Å². The number of aryl methyl sites for hydroxylation is 1. The van der Waals surface area contributed by atoms with E-state index in [4.69, 9.17) is 9.47 Å². The van der Waals surface area contributed by atoms with Crippen LogP contribution in [0.25, 0.3) is 0 Å². The summed E-state index contributed by atoms with van der Waals surface area (Å²) in [7, 11) is 3.71. The number of ether oxygens (including phenoxy) is 2. The van der Waals surface area contributed by atoms with Crippen LogP contribution in [0.4, 0.5) is 0 Å². The number of carbonyl (C=O) groups excluding carboxylic acids is 1. The third kappa shape index (κ3) is 2.33. The Morgan fingerprint density at radius 3 is 2.60 bits per heavy atom. The molecule has 1 aromatic rings. The van der Waals surface area contributed by atoms with E-state index in [1.54, 1.807) is 17.1 Å². The van der Waals surface area contributed by atoms with Gasteiger partial charge in [-0.25, -0.2) is 4.98 Å². The van der Waals surface area contributed by atoms with Crippen molar-refractivity contribution in [2.24, 2.45) is 7.05 Å². The van der Waals surface area contributed by atoms with Gasteiger partial charge in [-0.3, -0.25) is 4.79 Å². The van der Waals surface area contributed by atoms with E-state index >= 15 is 0 Å². The van der Waals surface area contributed by atoms with E-state index in [1.807, 2.05) is 19.0 Å². The number of nitrogens with zero attached hydrogens (tertiary/aromatic N) is 3. The number of hydrogen-bond donors (Lipinski definition) is 0. The first-order valence-corrected chi connectivity index (χ1v) is 7.13. The molecular weight excluding hydrogens is 258 g/mol. The maximum absolute atomic E-state index is 12.4. The van der Waals surface area contributed by atoms with Gasteiger partial charge in [-0.05, 0) is 12.8 Å². The summed E-state index contributed by atoms with van der Waals surface area (Å²) in [5.74, 6) is -0.341. The van der Waals surface area contributed by atoms with Crippen molar-refractivity contribution in [2.45, 2.75) is 37.5 Å². The van der Waals surface area contributed by atoms with Gasteiger partial charge in [0.2, 0.25) is 0 Å². The molecule has 1 amide bonds. The van der Waals surface area contributed by atoms with Crippen molar-refractivity contribution >= 4 is 5.91 Å². The minimum Gasteiger partial charge on any atom is -0.348 e. The highest BCUT2D eigenvalue weighted by molar-refractivity contribution is 5.92. The van der Waals surface area contributed by atoms with Gasteiger partial charge < -0.3 is 18.9 Å². The maximum Gasteiger partial charge on any atom is 0.272 e. The second-order valence-electron chi connectivity index (χ2n) is 5.64. The predicted molar refractivity (Wildman–Crippen MR) is 72.2 cm³/mol. The van der Waals surface area contributed by atoms with E-state index in [1.165, 1.54) is 0 Å². The first-order valence-electron chi connectivity index (χ1n) is 7.13. The Balaban J connectivity index is 1.63. The summed E-state index contributed by atoms with van der Waals surface area (Å²) < 4.78 is 13.2. The van der Waals surface area contributed by atoms with Crippen LogP contribution in [-0.2, 0) is 16.5 Å². The number of amides is 1. The molecule has 3 rings (SSSR count). The van der Waals surface area contributed by atoms with Crippen molar-refractivity contribution in [3.05, 3.63) is 18.2 Å². The molecule has 1 aromatic heterocycles. The van der Waals surface area contributed by atoms with Crippen LogP contribution in [0.2, 0.25) is 0 Å². The van der Waals surface area contributed by atoms with Gasteiger partial charge in [0.1, 0.15) is 5.69 Å². The fourth-order valence-electron chi connectivity index (χ4n) is 3.13. The van der Waals surface area contributed by atoms with Crippen LogP contribution < -0.4 is 0 Å². The molecule has 0 radical (unpaired) electrons. The zero-order valence-electron chi connectivity index (χ0n) is 12.0. The molecular formula is C14H21N3O3. The molecule has 2 aliphatic rings. The van der Waals surface area contributed by atoms with E-state index in [2.05, 4.69) is 4.98 Å². The monoisotopic (exact) mass is 279 g/mol. The van der Waals surface area contributed by atoms with Gasteiger partial charge in [-0.15, -0.1) is 0 Å². The molecule has 110 valence electrons. The molecule has 20 heavy (non-hydrogen) atoms. The smallest absolute Gasteiger partial charge is 0.272 e. The van der Waals surface area contributed by atoms with E-state index in [0.717, 1.165) is 25.7 Å². The molecule has 2 heterocycles. The zero-order chi connectivity index (χ0) is 14.2. The molecule has 1 spiro atoms. The number of aromatic nitrogens is 2. The average molecular weight is 279 g/mol. The Morgan fingerprint density at radius 2 is 2.05 bits per heavy atom. The van der Waals surface area contributed by atoms with Gasteiger partial charge in [0.05, 0.1) is 25.7 Å². The molecule has 0 atom stereocenters. The van der Waals surface area contributed by atoms with Gasteiger partial charge >= 0.3 is 0 Å². The highest BCUT2D eigenvalue weighted by Crippen LogP contribution is 2.37. The van der Waals surface area contributed by atoms with E-state index in [-0.39, 0.29) is 17.7 Å². The lowest BCUT2D eigenvalue weighted by Crippen LogP contribution is -2.45. The van der Waals surface area contributed by atoms with Gasteiger partial charge in [-0.1, -0.05) is 0 Å². The summed E-state index contributed by atoms with van der Waals surface area (Å²) in [6, 6.07) is 0.246. The lowest BCUT2D eigenvalue weighted by atomic mass is 9.89. The summed E-state index contributed by atoms with van der Waals surface area (Å²) in [6.45, 7) is 1.38. The largest absolute Gasteiger partial charge is 0.348 e. The highest BCUT2D eigenvalue weighted by atomic mass is 16.7. The summed E-state index contributed by atoms with van der Waals surface area (Å²) in [6.07, 6.45) is 6.82. The Kier molecular flexibility index (Phi) is 3.52. The number of hydrogen-bond acceptors (Lipinski definition) is 4. The maximum atomic E-state index is 12.4. The van der Waals surface area contributed by atoms with Gasteiger partial charge in [0.15, 0.2) is 5.79 Å². The van der Waals surface area contributed by atoms with Crippen LogP contribution in [-0.4, -0.2) is 52.4 Å². The number of rotatable bonds is 2. The Labute approximate surface area is 118 Å². The van der Waals surface area contributed by atoms with E-state index in [0.29, 0.717) is 18.9 Å². The quantitative estimate of drug-likeness (QED) is 0.815. The molecule has 1 aliphatic carbocycles. The molecule has 1 aliphatic heterocycles. The third-order valence-corrected chi connectivity index (χ3v) is 4.43. The third-order valence-electron chi connectivity index (χ3n) is 4.43. The molecule has 0 unspecified atom stereocenters. The molecule has 1 saturated carbocycles. The molecule has 0 N–H and O–H groups in total. The summed E-state index contributed by atoms with van der Waals surface area (Å²) in [5, 5.41) is 0. The van der Waals surface area contributed by atoms with Crippen LogP contribution in [0.3, 0.4) is 0 Å². The average Bonchev–Trinajstić information content (AvgIpc) is 3.08. The van der Waals surface area contributed by atoms with Crippen molar-refractivity contribution < 1.29 is 14.3 Å². The van der Waals surface area contributed by atoms with E-state index < -0.39 is 0 Å². The van der Waals surface area contributed by atoms with Crippen molar-refractivity contribution in [3.8, 4) is 0 Å². The Hall–Kier alpha value is -1.40. The summed E-state index contributed by atoms with van der Waals surface area (Å²) >= 11 is 0. The molecule has 2 fully saturated rings. The molecule has 6 heteroatoms. The highest BCUT2D eigenvalue weighted by Gasteiger charge is 2.41. The minimum absolute atomic E-state index is 0.0270. The van der Waals surface area contributed by atoms with Gasteiger partial charge in [0, 0.05) is 33.0 Å². The van der Waals surface area contributed by atoms with Crippen molar-refractivity contribution in [2.75, 3.05) is 20.3 Å². The predicted octanol–water partition coefficient (Wildman–Crippen LogP) is 1.18. The lowest BCUT2D eigenvalue weighted by Gasteiger charge is -2.39. The van der Waals surface area contributed by atoms with Crippen LogP contribution in [0.15, 0.2) is 12.5 Å². The van der Waals surface area contributed by atoms with Crippen molar-refractivity contribution in [3.63, 3.8) is 0 Å². The fourth-order valence-corrected chi connectivity index (χ4v) is 3.13. The Bertz CT molecular complexity index is 484. The van der Waals surface area contributed by atoms with Crippen LogP contribution in [0.1, 0.15) is 36.2 Å². The first-order chi connectivity index (χ1) is 9.61. The standard InChI is InChI=1S/C14H21N3O3/c1-16-10-15-9-12(16)13(18)17(2)11-3-5-14(6-4-11)19-7-8-20-14/h9-11H,3-8H2,1-2H3. The molecule has 6 nitrogen and oxygen atoms in total. The zero-order valence-corrected chi connectivity index (χ0v) is 12.0. The molecule has 0 bridgehead atoms.